The smallest absolute Gasteiger partial charge is 0.269 e. The maximum absolute atomic E-state index is 11.9. The Morgan fingerprint density at radius 3 is 3.00 bits per heavy atom. The summed E-state index contributed by atoms with van der Waals surface area (Å²) in [4.78, 5) is 11.9. The summed E-state index contributed by atoms with van der Waals surface area (Å²) in [6.45, 7) is 0. The van der Waals surface area contributed by atoms with Gasteiger partial charge in [-0.3, -0.25) is 10.1 Å². The Morgan fingerprint density at radius 2 is 2.28 bits per heavy atom. The molecule has 18 heavy (non-hydrogen) atoms. The van der Waals surface area contributed by atoms with Crippen LogP contribution in [0.1, 0.15) is 17.9 Å². The lowest BCUT2D eigenvalue weighted by molar-refractivity contribution is -0.117. The van der Waals surface area contributed by atoms with Gasteiger partial charge in [-0.25, -0.2) is 0 Å². The van der Waals surface area contributed by atoms with E-state index < -0.39 is 0 Å². The first kappa shape index (κ1) is 11.2. The van der Waals surface area contributed by atoms with E-state index in [2.05, 4.69) is 25.9 Å². The van der Waals surface area contributed by atoms with Gasteiger partial charge in [0.25, 0.3) is 5.95 Å². The van der Waals surface area contributed by atoms with Gasteiger partial charge in [0.1, 0.15) is 0 Å². The number of nitrogens with zero attached hydrogens (tertiary/aromatic N) is 3. The Kier molecular flexibility index (Phi) is 2.71. The van der Waals surface area contributed by atoms with Crippen LogP contribution in [0.15, 0.2) is 24.3 Å². The van der Waals surface area contributed by atoms with E-state index in [0.717, 1.165) is 12.0 Å². The second-order valence-electron chi connectivity index (χ2n) is 4.19. The highest BCUT2D eigenvalue weighted by Crippen LogP contribution is 2.49. The molecule has 0 radical (unpaired) electrons. The summed E-state index contributed by atoms with van der Waals surface area (Å²) in [5, 5.41) is 16.3. The summed E-state index contributed by atoms with van der Waals surface area (Å²) in [6, 6.07) is 7.59. The lowest BCUT2D eigenvalue weighted by Gasteiger charge is -2.02. The van der Waals surface area contributed by atoms with E-state index in [4.69, 9.17) is 11.6 Å². The van der Waals surface area contributed by atoms with Crippen molar-refractivity contribution in [3.8, 4) is 0 Å². The van der Waals surface area contributed by atoms with E-state index in [1.807, 2.05) is 24.3 Å². The van der Waals surface area contributed by atoms with Crippen molar-refractivity contribution in [2.24, 2.45) is 5.92 Å². The van der Waals surface area contributed by atoms with Crippen molar-refractivity contribution < 1.29 is 4.79 Å². The van der Waals surface area contributed by atoms with Gasteiger partial charge in [-0.2, -0.15) is 5.21 Å². The average molecular weight is 264 g/mol. The minimum atomic E-state index is -0.0960. The normalized spacial score (nSPS) is 21.6. The fourth-order valence-electron chi connectivity index (χ4n) is 2.02. The van der Waals surface area contributed by atoms with E-state index in [0.29, 0.717) is 5.02 Å². The third-order valence-electron chi connectivity index (χ3n) is 3.01. The van der Waals surface area contributed by atoms with E-state index in [1.165, 1.54) is 0 Å². The van der Waals surface area contributed by atoms with Crippen molar-refractivity contribution in [2.75, 3.05) is 5.32 Å². The standard InChI is InChI=1S/C11H10ClN5O/c12-9-4-2-1-3-6(9)7-5-8(7)10(18)13-11-14-16-17-15-11/h1-4,7-8H,5H2,(H2,13,14,15,16,17,18)/t7-,8-/m0/s1. The Hall–Kier alpha value is -1.95. The summed E-state index contributed by atoms with van der Waals surface area (Å²) in [7, 11) is 0. The molecule has 2 atom stereocenters. The first-order chi connectivity index (χ1) is 8.75. The molecule has 0 bridgehead atoms. The van der Waals surface area contributed by atoms with Gasteiger partial charge in [0, 0.05) is 10.9 Å². The number of benzene rings is 1. The van der Waals surface area contributed by atoms with Gasteiger partial charge >= 0.3 is 0 Å². The highest BCUT2D eigenvalue weighted by atomic mass is 35.5. The van der Waals surface area contributed by atoms with Crippen LogP contribution in [0.2, 0.25) is 5.02 Å². The van der Waals surface area contributed by atoms with Gasteiger partial charge in [0.2, 0.25) is 5.91 Å². The third-order valence-corrected chi connectivity index (χ3v) is 3.36. The Morgan fingerprint density at radius 1 is 1.44 bits per heavy atom. The van der Waals surface area contributed by atoms with Crippen LogP contribution in [0, 0.1) is 5.92 Å². The minimum Gasteiger partial charge on any atom is -0.292 e. The largest absolute Gasteiger partial charge is 0.292 e. The van der Waals surface area contributed by atoms with Crippen molar-refractivity contribution in [1.29, 1.82) is 0 Å². The quantitative estimate of drug-likeness (QED) is 0.881. The maximum Gasteiger partial charge on any atom is 0.269 e. The summed E-state index contributed by atoms with van der Waals surface area (Å²) in [5.74, 6) is 0.222. The van der Waals surface area contributed by atoms with Crippen molar-refractivity contribution in [1.82, 2.24) is 20.6 Å². The number of nitrogens with one attached hydrogen (secondary N) is 2. The Labute approximate surface area is 108 Å². The molecule has 2 N–H and O–H groups in total. The second-order valence-corrected chi connectivity index (χ2v) is 4.60. The summed E-state index contributed by atoms with van der Waals surface area (Å²) >= 11 is 6.10. The highest BCUT2D eigenvalue weighted by Gasteiger charge is 2.45. The van der Waals surface area contributed by atoms with Crippen LogP contribution in [-0.4, -0.2) is 26.5 Å². The van der Waals surface area contributed by atoms with Gasteiger partial charge in [0.05, 0.1) is 0 Å². The molecule has 7 heteroatoms. The molecular formula is C11H10ClN5O. The molecule has 1 aliphatic rings. The molecule has 1 aliphatic carbocycles. The molecule has 0 unspecified atom stereocenters. The number of carbonyl (C=O) groups excluding carboxylic acids is 1. The lowest BCUT2D eigenvalue weighted by atomic mass is 10.1. The predicted octanol–water partition coefficient (Wildman–Crippen LogP) is 1.60. The van der Waals surface area contributed by atoms with Crippen LogP contribution in [0.5, 0.6) is 0 Å². The summed E-state index contributed by atoms with van der Waals surface area (Å²) < 4.78 is 0. The van der Waals surface area contributed by atoms with Crippen molar-refractivity contribution >= 4 is 23.5 Å². The number of anilines is 1. The van der Waals surface area contributed by atoms with Crippen molar-refractivity contribution in [3.63, 3.8) is 0 Å². The monoisotopic (exact) mass is 263 g/mol. The zero-order valence-electron chi connectivity index (χ0n) is 9.30. The van der Waals surface area contributed by atoms with Crippen LogP contribution in [0.4, 0.5) is 5.95 Å². The zero-order valence-corrected chi connectivity index (χ0v) is 10.1. The summed E-state index contributed by atoms with van der Waals surface area (Å²) in [6.07, 6.45) is 0.799. The fraction of sp³-hybridized carbons (Fsp3) is 0.273. The molecule has 6 nitrogen and oxygen atoms in total. The van der Waals surface area contributed by atoms with Crippen molar-refractivity contribution in [2.45, 2.75) is 12.3 Å². The molecule has 2 aromatic rings. The van der Waals surface area contributed by atoms with Gasteiger partial charge in [0.15, 0.2) is 0 Å². The van der Waals surface area contributed by atoms with Crippen LogP contribution in [0.25, 0.3) is 0 Å². The van der Waals surface area contributed by atoms with E-state index in [-0.39, 0.29) is 23.7 Å². The second kappa shape index (κ2) is 4.38. The number of aromatic nitrogens is 4. The van der Waals surface area contributed by atoms with Crippen LogP contribution in [-0.2, 0) is 4.79 Å². The van der Waals surface area contributed by atoms with Gasteiger partial charge in [-0.05, 0) is 29.2 Å². The average Bonchev–Trinajstić information content (AvgIpc) is 3.00. The number of hydrogen-bond donors (Lipinski definition) is 2. The first-order valence-corrected chi connectivity index (χ1v) is 5.92. The molecule has 3 rings (SSSR count). The molecule has 0 spiro atoms. The van der Waals surface area contributed by atoms with Crippen molar-refractivity contribution in [3.05, 3.63) is 34.9 Å². The van der Waals surface area contributed by atoms with Crippen LogP contribution >= 0.6 is 11.6 Å². The van der Waals surface area contributed by atoms with Crippen LogP contribution in [0.3, 0.4) is 0 Å². The van der Waals surface area contributed by atoms with E-state index in [1.54, 1.807) is 0 Å². The summed E-state index contributed by atoms with van der Waals surface area (Å²) in [5.41, 5.74) is 1.02. The van der Waals surface area contributed by atoms with Gasteiger partial charge in [-0.1, -0.05) is 34.9 Å². The van der Waals surface area contributed by atoms with Gasteiger partial charge in [-0.15, -0.1) is 5.10 Å². The molecule has 1 fully saturated rings. The number of halogens is 1. The number of amides is 1. The molecular weight excluding hydrogens is 254 g/mol. The molecule has 92 valence electrons. The van der Waals surface area contributed by atoms with Crippen LogP contribution < -0.4 is 5.32 Å². The lowest BCUT2D eigenvalue weighted by Crippen LogP contribution is -2.15. The van der Waals surface area contributed by atoms with E-state index >= 15 is 0 Å². The zero-order chi connectivity index (χ0) is 12.5. The highest BCUT2D eigenvalue weighted by molar-refractivity contribution is 6.31. The number of H-pyrrole nitrogens is 1. The number of aromatic amines is 1. The fourth-order valence-corrected chi connectivity index (χ4v) is 2.30. The maximum atomic E-state index is 11.9. The molecule has 0 saturated heterocycles. The first-order valence-electron chi connectivity index (χ1n) is 5.54. The molecule has 1 amide bonds. The predicted molar refractivity (Wildman–Crippen MR) is 65.1 cm³/mol. The number of rotatable bonds is 3. The molecule has 1 saturated carbocycles. The molecule has 1 heterocycles. The number of tetrazole rings is 1. The Balaban J connectivity index is 1.67. The van der Waals surface area contributed by atoms with Gasteiger partial charge < -0.3 is 0 Å². The number of carbonyl (C=O) groups is 1. The molecule has 1 aromatic carbocycles. The molecule has 0 aliphatic heterocycles. The number of hydrogen-bond acceptors (Lipinski definition) is 4. The topological polar surface area (TPSA) is 83.6 Å². The Bertz CT molecular complexity index is 571. The molecule has 1 aromatic heterocycles. The third kappa shape index (κ3) is 2.06. The SMILES string of the molecule is O=C(Nc1nn[nH]n1)[C@H]1C[C@H]1c1ccccc1Cl. The van der Waals surface area contributed by atoms with E-state index in [9.17, 15) is 4.79 Å². The minimum absolute atomic E-state index is 0.0663.